The summed E-state index contributed by atoms with van der Waals surface area (Å²) in [5, 5.41) is 11.6. The molecule has 0 aromatic heterocycles. The molecule has 1 amide bonds. The standard InChI is InChI=1S/C14H18FNO3/c1-3-9(2)13(14(18)19)16-12(17)8-10-4-6-11(15)7-5-10/h4-7,9,13H,3,8H2,1-2H3,(H,16,17)(H,18,19)/t9?,13-/m0/s1. The highest BCUT2D eigenvalue weighted by atomic mass is 19.1. The summed E-state index contributed by atoms with van der Waals surface area (Å²) >= 11 is 0. The number of carboxylic acid groups (broad SMARTS) is 1. The van der Waals surface area contributed by atoms with E-state index in [2.05, 4.69) is 5.32 Å². The summed E-state index contributed by atoms with van der Waals surface area (Å²) in [6.07, 6.45) is 0.703. The molecule has 2 atom stereocenters. The van der Waals surface area contributed by atoms with Crippen molar-refractivity contribution in [3.8, 4) is 0 Å². The number of aliphatic carboxylic acids is 1. The zero-order chi connectivity index (χ0) is 14.4. The van der Waals surface area contributed by atoms with E-state index in [1.165, 1.54) is 24.3 Å². The predicted octanol–water partition coefficient (Wildman–Crippen LogP) is 1.98. The molecule has 1 aromatic carbocycles. The molecule has 2 N–H and O–H groups in total. The van der Waals surface area contributed by atoms with Crippen LogP contribution in [0.3, 0.4) is 0 Å². The second-order valence-electron chi connectivity index (χ2n) is 4.57. The molecular weight excluding hydrogens is 249 g/mol. The number of rotatable bonds is 6. The molecule has 0 aliphatic heterocycles. The summed E-state index contributed by atoms with van der Waals surface area (Å²) in [6, 6.07) is 4.66. The summed E-state index contributed by atoms with van der Waals surface area (Å²) in [5.74, 6) is -1.93. The summed E-state index contributed by atoms with van der Waals surface area (Å²) in [4.78, 5) is 22.8. The number of carbonyl (C=O) groups is 2. The van der Waals surface area contributed by atoms with E-state index in [0.717, 1.165) is 0 Å². The Morgan fingerprint density at radius 1 is 1.32 bits per heavy atom. The third-order valence-electron chi connectivity index (χ3n) is 3.07. The van der Waals surface area contributed by atoms with Gasteiger partial charge in [-0.15, -0.1) is 0 Å². The average Bonchev–Trinajstić information content (AvgIpc) is 2.37. The molecule has 0 saturated carbocycles. The lowest BCUT2D eigenvalue weighted by molar-refractivity contribution is -0.143. The molecule has 0 saturated heterocycles. The molecule has 19 heavy (non-hydrogen) atoms. The van der Waals surface area contributed by atoms with Crippen molar-refractivity contribution in [1.82, 2.24) is 5.32 Å². The molecule has 1 aromatic rings. The van der Waals surface area contributed by atoms with Crippen LogP contribution < -0.4 is 5.32 Å². The molecule has 1 unspecified atom stereocenters. The Hall–Kier alpha value is -1.91. The lowest BCUT2D eigenvalue weighted by Gasteiger charge is -2.20. The molecule has 0 radical (unpaired) electrons. The maximum Gasteiger partial charge on any atom is 0.326 e. The Labute approximate surface area is 111 Å². The van der Waals surface area contributed by atoms with Crippen molar-refractivity contribution in [1.29, 1.82) is 0 Å². The minimum atomic E-state index is -1.04. The van der Waals surface area contributed by atoms with Gasteiger partial charge in [-0.3, -0.25) is 4.79 Å². The number of halogens is 1. The molecule has 0 fully saturated rings. The lowest BCUT2D eigenvalue weighted by atomic mass is 9.99. The Kier molecular flexibility index (Phi) is 5.48. The summed E-state index contributed by atoms with van der Waals surface area (Å²) in [6.45, 7) is 3.64. The third kappa shape index (κ3) is 4.69. The van der Waals surface area contributed by atoms with Crippen molar-refractivity contribution in [3.63, 3.8) is 0 Å². The van der Waals surface area contributed by atoms with E-state index < -0.39 is 12.0 Å². The van der Waals surface area contributed by atoms with E-state index in [1.54, 1.807) is 6.92 Å². The van der Waals surface area contributed by atoms with Crippen LogP contribution in [-0.4, -0.2) is 23.0 Å². The number of nitrogens with one attached hydrogen (secondary N) is 1. The second kappa shape index (κ2) is 6.87. The van der Waals surface area contributed by atoms with E-state index in [-0.39, 0.29) is 24.1 Å². The zero-order valence-electron chi connectivity index (χ0n) is 11.0. The third-order valence-corrected chi connectivity index (χ3v) is 3.07. The van der Waals surface area contributed by atoms with Crippen LogP contribution in [0, 0.1) is 11.7 Å². The second-order valence-corrected chi connectivity index (χ2v) is 4.57. The van der Waals surface area contributed by atoms with Gasteiger partial charge in [-0.25, -0.2) is 9.18 Å². The Balaban J connectivity index is 2.62. The Bertz CT molecular complexity index is 445. The summed E-state index contributed by atoms with van der Waals surface area (Å²) in [7, 11) is 0. The van der Waals surface area contributed by atoms with Gasteiger partial charge < -0.3 is 10.4 Å². The number of benzene rings is 1. The zero-order valence-corrected chi connectivity index (χ0v) is 11.0. The molecule has 0 aliphatic rings. The van der Waals surface area contributed by atoms with Crippen LogP contribution in [0.4, 0.5) is 4.39 Å². The highest BCUT2D eigenvalue weighted by Gasteiger charge is 2.25. The van der Waals surface area contributed by atoms with Gasteiger partial charge in [-0.2, -0.15) is 0 Å². The van der Waals surface area contributed by atoms with Gasteiger partial charge in [-0.1, -0.05) is 32.4 Å². The number of hydrogen-bond donors (Lipinski definition) is 2. The van der Waals surface area contributed by atoms with Crippen molar-refractivity contribution in [2.75, 3.05) is 0 Å². The number of hydrogen-bond acceptors (Lipinski definition) is 2. The number of carbonyl (C=O) groups excluding carboxylic acids is 1. The molecule has 0 heterocycles. The van der Waals surface area contributed by atoms with Gasteiger partial charge in [-0.05, 0) is 23.6 Å². The van der Waals surface area contributed by atoms with E-state index in [0.29, 0.717) is 12.0 Å². The lowest BCUT2D eigenvalue weighted by Crippen LogP contribution is -2.45. The monoisotopic (exact) mass is 267 g/mol. The van der Waals surface area contributed by atoms with Crippen molar-refractivity contribution in [3.05, 3.63) is 35.6 Å². The fourth-order valence-corrected chi connectivity index (χ4v) is 1.70. The molecule has 0 aliphatic carbocycles. The van der Waals surface area contributed by atoms with Crippen LogP contribution in [0.15, 0.2) is 24.3 Å². The fraction of sp³-hybridized carbons (Fsp3) is 0.429. The first kappa shape index (κ1) is 15.1. The molecular formula is C14H18FNO3. The van der Waals surface area contributed by atoms with Crippen LogP contribution in [0.25, 0.3) is 0 Å². The van der Waals surface area contributed by atoms with Crippen molar-refractivity contribution >= 4 is 11.9 Å². The van der Waals surface area contributed by atoms with Crippen LogP contribution >= 0.6 is 0 Å². The highest BCUT2D eigenvalue weighted by molar-refractivity contribution is 5.85. The first-order valence-corrected chi connectivity index (χ1v) is 6.20. The largest absolute Gasteiger partial charge is 0.480 e. The number of carboxylic acids is 1. The molecule has 0 bridgehead atoms. The SMILES string of the molecule is CCC(C)[C@H](NC(=O)Cc1ccc(F)cc1)C(=O)O. The normalized spacial score (nSPS) is 13.6. The molecule has 0 spiro atoms. The minimum Gasteiger partial charge on any atom is -0.480 e. The number of amides is 1. The maximum absolute atomic E-state index is 12.7. The van der Waals surface area contributed by atoms with Crippen LogP contribution in [0.1, 0.15) is 25.8 Å². The van der Waals surface area contributed by atoms with E-state index >= 15 is 0 Å². The van der Waals surface area contributed by atoms with Gasteiger partial charge >= 0.3 is 5.97 Å². The van der Waals surface area contributed by atoms with Gasteiger partial charge in [0, 0.05) is 0 Å². The summed E-state index contributed by atoms with van der Waals surface area (Å²) in [5.41, 5.74) is 0.646. The van der Waals surface area contributed by atoms with Gasteiger partial charge in [0.1, 0.15) is 11.9 Å². The molecule has 1 rings (SSSR count). The van der Waals surface area contributed by atoms with Gasteiger partial charge in [0.25, 0.3) is 0 Å². The quantitative estimate of drug-likeness (QED) is 0.828. The predicted molar refractivity (Wildman–Crippen MR) is 69.1 cm³/mol. The molecule has 5 heteroatoms. The van der Waals surface area contributed by atoms with Crippen molar-refractivity contribution in [2.45, 2.75) is 32.7 Å². The highest BCUT2D eigenvalue weighted by Crippen LogP contribution is 2.09. The molecule has 104 valence electrons. The van der Waals surface area contributed by atoms with Crippen molar-refractivity contribution in [2.24, 2.45) is 5.92 Å². The smallest absolute Gasteiger partial charge is 0.326 e. The van der Waals surface area contributed by atoms with Gasteiger partial charge in [0.15, 0.2) is 0 Å². The van der Waals surface area contributed by atoms with Crippen molar-refractivity contribution < 1.29 is 19.1 Å². The maximum atomic E-state index is 12.7. The van der Waals surface area contributed by atoms with E-state index in [9.17, 15) is 14.0 Å². The molecule has 4 nitrogen and oxygen atoms in total. The van der Waals surface area contributed by atoms with Crippen LogP contribution in [0.5, 0.6) is 0 Å². The Morgan fingerprint density at radius 3 is 2.37 bits per heavy atom. The Morgan fingerprint density at radius 2 is 1.89 bits per heavy atom. The van der Waals surface area contributed by atoms with E-state index in [1.807, 2.05) is 6.92 Å². The van der Waals surface area contributed by atoms with Crippen LogP contribution in [-0.2, 0) is 16.0 Å². The van der Waals surface area contributed by atoms with E-state index in [4.69, 9.17) is 5.11 Å². The first-order valence-electron chi connectivity index (χ1n) is 6.20. The first-order chi connectivity index (χ1) is 8.93. The topological polar surface area (TPSA) is 66.4 Å². The van der Waals surface area contributed by atoms with Gasteiger partial charge in [0.05, 0.1) is 6.42 Å². The van der Waals surface area contributed by atoms with Gasteiger partial charge in [0.2, 0.25) is 5.91 Å². The minimum absolute atomic E-state index is 0.0422. The summed E-state index contributed by atoms with van der Waals surface area (Å²) < 4.78 is 12.7. The average molecular weight is 267 g/mol. The fourth-order valence-electron chi connectivity index (χ4n) is 1.70. The van der Waals surface area contributed by atoms with Crippen LogP contribution in [0.2, 0.25) is 0 Å².